The lowest BCUT2D eigenvalue weighted by Crippen LogP contribution is -2.31. The third-order valence-electron chi connectivity index (χ3n) is 1.19. The maximum Gasteiger partial charge on any atom is 0.413 e. The Morgan fingerprint density at radius 1 is 1.36 bits per heavy atom. The van der Waals surface area contributed by atoms with Gasteiger partial charge in [-0.15, -0.1) is 0 Å². The predicted octanol–water partition coefficient (Wildman–Crippen LogP) is 1.20. The summed E-state index contributed by atoms with van der Waals surface area (Å²) in [6.07, 6.45) is -3.52. The standard InChI is InChI=1S/C6H12F3NO3S/c1-2-3-4-14(11,12)10-13-5-6(7,8)9/h10H,2-5H2,1H3. The Morgan fingerprint density at radius 2 is 1.93 bits per heavy atom. The number of alkyl halides is 3. The summed E-state index contributed by atoms with van der Waals surface area (Å²) < 4.78 is 56.3. The van der Waals surface area contributed by atoms with Gasteiger partial charge in [0.1, 0.15) is 0 Å². The Balaban J connectivity index is 3.78. The first-order valence-corrected chi connectivity index (χ1v) is 5.60. The van der Waals surface area contributed by atoms with E-state index >= 15 is 0 Å². The first kappa shape index (κ1) is 13.7. The van der Waals surface area contributed by atoms with E-state index in [1.165, 1.54) is 4.89 Å². The molecule has 0 unspecified atom stereocenters. The van der Waals surface area contributed by atoms with E-state index in [2.05, 4.69) is 4.84 Å². The Hall–Kier alpha value is -0.340. The molecule has 1 N–H and O–H groups in total. The van der Waals surface area contributed by atoms with Crippen molar-refractivity contribution in [2.45, 2.75) is 25.9 Å². The van der Waals surface area contributed by atoms with Crippen LogP contribution in [0.4, 0.5) is 13.2 Å². The third kappa shape index (κ3) is 8.27. The van der Waals surface area contributed by atoms with Crippen molar-refractivity contribution in [3.8, 4) is 0 Å². The summed E-state index contributed by atoms with van der Waals surface area (Å²) in [4.78, 5) is 5.20. The number of sulfonamides is 1. The van der Waals surface area contributed by atoms with E-state index in [1.807, 2.05) is 0 Å². The molecule has 14 heavy (non-hydrogen) atoms. The van der Waals surface area contributed by atoms with Crippen LogP contribution >= 0.6 is 0 Å². The minimum atomic E-state index is -4.53. The van der Waals surface area contributed by atoms with Gasteiger partial charge in [0, 0.05) is 0 Å². The fraction of sp³-hybridized carbons (Fsp3) is 1.00. The molecule has 4 nitrogen and oxygen atoms in total. The highest BCUT2D eigenvalue weighted by Crippen LogP contribution is 2.13. The summed E-state index contributed by atoms with van der Waals surface area (Å²) in [5.41, 5.74) is 0. The van der Waals surface area contributed by atoms with E-state index in [9.17, 15) is 21.6 Å². The van der Waals surface area contributed by atoms with Crippen molar-refractivity contribution in [1.29, 1.82) is 0 Å². The maximum absolute atomic E-state index is 11.5. The van der Waals surface area contributed by atoms with Crippen LogP contribution in [-0.4, -0.2) is 27.0 Å². The van der Waals surface area contributed by atoms with E-state index in [0.717, 1.165) is 0 Å². The van der Waals surface area contributed by atoms with Crippen molar-refractivity contribution in [2.75, 3.05) is 12.4 Å². The van der Waals surface area contributed by atoms with Gasteiger partial charge in [0.15, 0.2) is 6.61 Å². The van der Waals surface area contributed by atoms with Gasteiger partial charge in [-0.2, -0.15) is 13.2 Å². The molecule has 0 amide bonds. The first-order chi connectivity index (χ1) is 6.27. The second kappa shape index (κ2) is 5.52. The highest BCUT2D eigenvalue weighted by molar-refractivity contribution is 7.89. The molecule has 0 heterocycles. The van der Waals surface area contributed by atoms with Gasteiger partial charge in [0.05, 0.1) is 5.75 Å². The van der Waals surface area contributed by atoms with Crippen LogP contribution in [0.2, 0.25) is 0 Å². The molecule has 0 aliphatic carbocycles. The van der Waals surface area contributed by atoms with Gasteiger partial charge in [0.25, 0.3) is 0 Å². The summed E-state index contributed by atoms with van der Waals surface area (Å²) >= 11 is 0. The highest BCUT2D eigenvalue weighted by atomic mass is 32.2. The SMILES string of the molecule is CCCCS(=O)(=O)NOCC(F)(F)F. The minimum absolute atomic E-state index is 0.235. The average Bonchev–Trinajstić information content (AvgIpc) is 1.98. The topological polar surface area (TPSA) is 55.4 Å². The lowest BCUT2D eigenvalue weighted by molar-refractivity contribution is -0.181. The van der Waals surface area contributed by atoms with Gasteiger partial charge in [-0.3, -0.25) is 4.84 Å². The second-order valence-electron chi connectivity index (χ2n) is 2.66. The van der Waals surface area contributed by atoms with E-state index < -0.39 is 22.8 Å². The van der Waals surface area contributed by atoms with Gasteiger partial charge < -0.3 is 0 Å². The Morgan fingerprint density at radius 3 is 2.36 bits per heavy atom. The zero-order valence-electron chi connectivity index (χ0n) is 7.60. The number of nitrogens with one attached hydrogen (secondary N) is 1. The van der Waals surface area contributed by atoms with Crippen molar-refractivity contribution in [1.82, 2.24) is 4.89 Å². The van der Waals surface area contributed by atoms with Crippen molar-refractivity contribution >= 4 is 10.0 Å². The van der Waals surface area contributed by atoms with E-state index in [4.69, 9.17) is 0 Å². The Labute approximate surface area is 80.4 Å². The number of rotatable bonds is 6. The van der Waals surface area contributed by atoms with Gasteiger partial charge in [-0.25, -0.2) is 8.42 Å². The van der Waals surface area contributed by atoms with Crippen LogP contribution in [0.1, 0.15) is 19.8 Å². The van der Waals surface area contributed by atoms with Crippen LogP contribution in [0, 0.1) is 0 Å². The van der Waals surface area contributed by atoms with Crippen LogP contribution < -0.4 is 4.89 Å². The molecular formula is C6H12F3NO3S. The molecule has 0 bridgehead atoms. The molecule has 0 fully saturated rings. The van der Waals surface area contributed by atoms with E-state index in [0.29, 0.717) is 12.8 Å². The van der Waals surface area contributed by atoms with Crippen LogP contribution in [0.25, 0.3) is 0 Å². The monoisotopic (exact) mass is 235 g/mol. The van der Waals surface area contributed by atoms with Crippen LogP contribution in [0.5, 0.6) is 0 Å². The van der Waals surface area contributed by atoms with Crippen molar-refractivity contribution in [2.24, 2.45) is 0 Å². The molecule has 86 valence electrons. The lowest BCUT2D eigenvalue weighted by Gasteiger charge is -2.08. The molecule has 0 saturated heterocycles. The zero-order valence-corrected chi connectivity index (χ0v) is 8.41. The second-order valence-corrected chi connectivity index (χ2v) is 4.46. The third-order valence-corrected chi connectivity index (χ3v) is 2.39. The van der Waals surface area contributed by atoms with Gasteiger partial charge in [0.2, 0.25) is 10.0 Å². The molecule has 0 aliphatic heterocycles. The van der Waals surface area contributed by atoms with Crippen molar-refractivity contribution < 1.29 is 26.4 Å². The molecule has 0 aliphatic rings. The molecule has 0 rings (SSSR count). The van der Waals surface area contributed by atoms with Crippen molar-refractivity contribution in [3.05, 3.63) is 0 Å². The van der Waals surface area contributed by atoms with Crippen LogP contribution in [0.3, 0.4) is 0 Å². The molecule has 0 aromatic rings. The minimum Gasteiger partial charge on any atom is -0.278 e. The normalized spacial score (nSPS) is 13.1. The molecule has 0 radical (unpaired) electrons. The average molecular weight is 235 g/mol. The first-order valence-electron chi connectivity index (χ1n) is 3.95. The van der Waals surface area contributed by atoms with Gasteiger partial charge in [-0.1, -0.05) is 18.2 Å². The van der Waals surface area contributed by atoms with Gasteiger partial charge in [-0.05, 0) is 6.42 Å². The molecule has 0 saturated carbocycles. The zero-order chi connectivity index (χ0) is 11.2. The summed E-state index contributed by atoms with van der Waals surface area (Å²) in [6, 6.07) is 0. The summed E-state index contributed by atoms with van der Waals surface area (Å²) in [5, 5.41) is 0. The van der Waals surface area contributed by atoms with E-state index in [1.54, 1.807) is 6.92 Å². The number of halogens is 3. The fourth-order valence-corrected chi connectivity index (χ4v) is 1.57. The largest absolute Gasteiger partial charge is 0.413 e. The summed E-state index contributed by atoms with van der Waals surface area (Å²) in [7, 11) is -3.74. The maximum atomic E-state index is 11.5. The predicted molar refractivity (Wildman–Crippen MR) is 43.8 cm³/mol. The van der Waals surface area contributed by atoms with Crippen LogP contribution in [-0.2, 0) is 14.9 Å². The molecule has 8 heteroatoms. The summed E-state index contributed by atoms with van der Waals surface area (Å²) in [6.45, 7) is 0.143. The van der Waals surface area contributed by atoms with Crippen molar-refractivity contribution in [3.63, 3.8) is 0 Å². The number of unbranched alkanes of at least 4 members (excludes halogenated alkanes) is 1. The fourth-order valence-electron chi connectivity index (χ4n) is 0.577. The summed E-state index contributed by atoms with van der Waals surface area (Å²) in [5.74, 6) is -0.235. The number of hydrogen-bond acceptors (Lipinski definition) is 3. The Kier molecular flexibility index (Phi) is 5.38. The van der Waals surface area contributed by atoms with Crippen LogP contribution in [0.15, 0.2) is 0 Å². The van der Waals surface area contributed by atoms with Gasteiger partial charge >= 0.3 is 6.18 Å². The molecular weight excluding hydrogens is 223 g/mol. The number of hydrogen-bond donors (Lipinski definition) is 1. The molecule has 0 spiro atoms. The highest BCUT2D eigenvalue weighted by Gasteiger charge is 2.28. The smallest absolute Gasteiger partial charge is 0.278 e. The Bertz CT molecular complexity index is 250. The molecule has 0 atom stereocenters. The lowest BCUT2D eigenvalue weighted by atomic mass is 10.4. The molecule has 0 aromatic carbocycles. The molecule has 0 aromatic heterocycles. The quantitative estimate of drug-likeness (QED) is 0.704. The van der Waals surface area contributed by atoms with E-state index in [-0.39, 0.29) is 5.75 Å².